The maximum Gasteiger partial charge on any atom is 0.240 e. The first-order chi connectivity index (χ1) is 14.4. The standard InChI is InChI=1S/C23H26FN5O/c1-7-26-28-23(30-6)19-11-12-22(16(2)13-19)27-17(3)14-18(4)29(25-5)21-10-8-9-20(24)15-21/h7-13,15H,4-5,14H2,1-3,6H3/b26-7+,27-17?,28-23-. The summed E-state index contributed by atoms with van der Waals surface area (Å²) in [6.45, 7) is 13.3. The van der Waals surface area contributed by atoms with Gasteiger partial charge in [0.25, 0.3) is 0 Å². The minimum absolute atomic E-state index is 0.348. The molecule has 0 heterocycles. The fraction of sp³-hybridized carbons (Fsp3) is 0.217. The third kappa shape index (κ3) is 5.94. The van der Waals surface area contributed by atoms with Gasteiger partial charge in [-0.25, -0.2) is 9.40 Å². The van der Waals surface area contributed by atoms with Crippen molar-refractivity contribution in [1.29, 1.82) is 0 Å². The van der Waals surface area contributed by atoms with Crippen LogP contribution < -0.4 is 5.01 Å². The smallest absolute Gasteiger partial charge is 0.240 e. The van der Waals surface area contributed by atoms with E-state index in [-0.39, 0.29) is 5.82 Å². The summed E-state index contributed by atoms with van der Waals surface area (Å²) in [5, 5.41) is 13.4. The molecule has 0 aliphatic heterocycles. The number of allylic oxidation sites excluding steroid dienone is 1. The number of halogens is 1. The Morgan fingerprint density at radius 1 is 1.23 bits per heavy atom. The fourth-order valence-corrected chi connectivity index (χ4v) is 2.83. The van der Waals surface area contributed by atoms with Gasteiger partial charge in [-0.2, -0.15) is 10.2 Å². The maximum absolute atomic E-state index is 13.5. The number of hydrogen-bond acceptors (Lipinski definition) is 6. The maximum atomic E-state index is 13.5. The largest absolute Gasteiger partial charge is 0.479 e. The van der Waals surface area contributed by atoms with E-state index in [1.165, 1.54) is 17.1 Å². The van der Waals surface area contributed by atoms with Crippen molar-refractivity contribution in [2.45, 2.75) is 27.2 Å². The molecule has 6 nitrogen and oxygen atoms in total. The summed E-state index contributed by atoms with van der Waals surface area (Å²) < 4.78 is 18.8. The molecular formula is C23H26FN5O. The molecule has 0 fully saturated rings. The minimum atomic E-state index is -0.348. The highest BCUT2D eigenvalue weighted by Gasteiger charge is 2.11. The van der Waals surface area contributed by atoms with Gasteiger partial charge in [0.15, 0.2) is 0 Å². The van der Waals surface area contributed by atoms with Gasteiger partial charge in [-0.15, -0.1) is 5.10 Å². The van der Waals surface area contributed by atoms with E-state index in [4.69, 9.17) is 9.73 Å². The van der Waals surface area contributed by atoms with Crippen LogP contribution in [0.5, 0.6) is 0 Å². The Bertz CT molecular complexity index is 1010. The predicted molar refractivity (Wildman–Crippen MR) is 124 cm³/mol. The second-order valence-electron chi connectivity index (χ2n) is 6.51. The summed E-state index contributed by atoms with van der Waals surface area (Å²) >= 11 is 0. The van der Waals surface area contributed by atoms with Crippen molar-refractivity contribution in [2.24, 2.45) is 20.3 Å². The van der Waals surface area contributed by atoms with E-state index >= 15 is 0 Å². The molecule has 2 aromatic carbocycles. The minimum Gasteiger partial charge on any atom is -0.479 e. The highest BCUT2D eigenvalue weighted by molar-refractivity contribution is 5.95. The molecule has 0 aromatic heterocycles. The number of rotatable bonds is 8. The topological polar surface area (TPSA) is 61.9 Å². The lowest BCUT2D eigenvalue weighted by atomic mass is 10.1. The molecule has 0 spiro atoms. The Kier molecular flexibility index (Phi) is 8.17. The van der Waals surface area contributed by atoms with Gasteiger partial charge in [-0.3, -0.25) is 4.99 Å². The normalized spacial score (nSPS) is 12.2. The van der Waals surface area contributed by atoms with Gasteiger partial charge in [0.05, 0.1) is 18.5 Å². The molecule has 0 atom stereocenters. The summed E-state index contributed by atoms with van der Waals surface area (Å²) in [6, 6.07) is 11.8. The Balaban J connectivity index is 2.20. The fourth-order valence-electron chi connectivity index (χ4n) is 2.83. The van der Waals surface area contributed by atoms with Crippen LogP contribution in [0.3, 0.4) is 0 Å². The number of hydrazone groups is 1. The van der Waals surface area contributed by atoms with Gasteiger partial charge in [0, 0.05) is 36.3 Å². The van der Waals surface area contributed by atoms with Gasteiger partial charge in [0.2, 0.25) is 5.90 Å². The molecule has 156 valence electrons. The lowest BCUT2D eigenvalue weighted by molar-refractivity contribution is 0.403. The lowest BCUT2D eigenvalue weighted by Crippen LogP contribution is -2.16. The molecule has 0 saturated heterocycles. The molecule has 2 rings (SSSR count). The van der Waals surface area contributed by atoms with Crippen LogP contribution in [0.25, 0.3) is 0 Å². The van der Waals surface area contributed by atoms with Crippen LogP contribution >= 0.6 is 0 Å². The second kappa shape index (κ2) is 10.8. The first-order valence-corrected chi connectivity index (χ1v) is 9.34. The number of methoxy groups -OCH3 is 1. The van der Waals surface area contributed by atoms with Crippen molar-refractivity contribution in [1.82, 2.24) is 0 Å². The van der Waals surface area contributed by atoms with Crippen LogP contribution in [0.1, 0.15) is 31.4 Å². The lowest BCUT2D eigenvalue weighted by Gasteiger charge is -2.21. The van der Waals surface area contributed by atoms with E-state index < -0.39 is 0 Å². The molecular weight excluding hydrogens is 381 g/mol. The number of ether oxygens (including phenoxy) is 1. The van der Waals surface area contributed by atoms with Gasteiger partial charge in [-0.1, -0.05) is 12.6 Å². The summed E-state index contributed by atoms with van der Waals surface area (Å²) in [4.78, 5) is 4.70. The summed E-state index contributed by atoms with van der Waals surface area (Å²) in [5.41, 5.74) is 4.63. The van der Waals surface area contributed by atoms with Gasteiger partial charge >= 0.3 is 0 Å². The van der Waals surface area contributed by atoms with E-state index in [0.717, 1.165) is 22.5 Å². The van der Waals surface area contributed by atoms with Gasteiger partial charge in [-0.05, 0) is 62.7 Å². The van der Waals surface area contributed by atoms with Crippen molar-refractivity contribution in [2.75, 3.05) is 12.1 Å². The zero-order chi connectivity index (χ0) is 22.1. The number of aryl methyl sites for hydroxylation is 1. The van der Waals surface area contributed by atoms with E-state index in [0.29, 0.717) is 23.7 Å². The molecule has 0 bridgehead atoms. The molecule has 30 heavy (non-hydrogen) atoms. The first-order valence-electron chi connectivity index (χ1n) is 9.34. The van der Waals surface area contributed by atoms with Crippen LogP contribution in [0.2, 0.25) is 0 Å². The van der Waals surface area contributed by atoms with Gasteiger partial charge < -0.3 is 4.74 Å². The third-order valence-electron chi connectivity index (χ3n) is 4.17. The van der Waals surface area contributed by atoms with Crippen molar-refractivity contribution < 1.29 is 9.13 Å². The number of nitrogens with zero attached hydrogens (tertiary/aromatic N) is 5. The van der Waals surface area contributed by atoms with Crippen LogP contribution in [-0.2, 0) is 4.74 Å². The molecule has 0 radical (unpaired) electrons. The van der Waals surface area contributed by atoms with Crippen molar-refractivity contribution in [3.63, 3.8) is 0 Å². The molecule has 0 N–H and O–H groups in total. The Morgan fingerprint density at radius 3 is 2.60 bits per heavy atom. The SMILES string of the molecule is C=NN(C(=C)CC(C)=Nc1ccc(/C(=N/N=C/C)OC)cc1C)c1cccc(F)c1. The van der Waals surface area contributed by atoms with Gasteiger partial charge in [0.1, 0.15) is 5.82 Å². The molecule has 0 unspecified atom stereocenters. The van der Waals surface area contributed by atoms with Crippen LogP contribution in [-0.4, -0.2) is 31.7 Å². The summed E-state index contributed by atoms with van der Waals surface area (Å²) in [7, 11) is 1.55. The first kappa shape index (κ1) is 22.7. The number of hydrogen-bond donors (Lipinski definition) is 0. The highest BCUT2D eigenvalue weighted by Crippen LogP contribution is 2.24. The number of aliphatic imine (C=N–C) groups is 1. The van der Waals surface area contributed by atoms with Crippen molar-refractivity contribution in [3.8, 4) is 0 Å². The Hall–Kier alpha value is -3.61. The zero-order valence-electron chi connectivity index (χ0n) is 17.8. The molecule has 0 amide bonds. The number of benzene rings is 2. The predicted octanol–water partition coefficient (Wildman–Crippen LogP) is 5.65. The van der Waals surface area contributed by atoms with Crippen LogP contribution in [0, 0.1) is 12.7 Å². The molecule has 0 saturated carbocycles. The van der Waals surface area contributed by atoms with E-state index in [1.54, 1.807) is 32.4 Å². The average molecular weight is 407 g/mol. The van der Waals surface area contributed by atoms with E-state index in [9.17, 15) is 4.39 Å². The molecule has 0 aliphatic carbocycles. The summed E-state index contributed by atoms with van der Waals surface area (Å²) in [6.07, 6.45) is 2.04. The Morgan fingerprint density at radius 2 is 2.00 bits per heavy atom. The molecule has 7 heteroatoms. The van der Waals surface area contributed by atoms with Crippen LogP contribution in [0.15, 0.2) is 75.0 Å². The third-order valence-corrected chi connectivity index (χ3v) is 4.17. The van der Waals surface area contributed by atoms with E-state index in [2.05, 4.69) is 28.6 Å². The van der Waals surface area contributed by atoms with Crippen molar-refractivity contribution >= 4 is 35.9 Å². The summed E-state index contributed by atoms with van der Waals surface area (Å²) in [5.74, 6) is 0.0817. The molecule has 0 aliphatic rings. The van der Waals surface area contributed by atoms with Crippen molar-refractivity contribution in [3.05, 3.63) is 71.7 Å². The number of anilines is 1. The highest BCUT2D eigenvalue weighted by atomic mass is 19.1. The quantitative estimate of drug-likeness (QED) is 0.322. The molecule has 2 aromatic rings. The average Bonchev–Trinajstić information content (AvgIpc) is 2.71. The Labute approximate surface area is 176 Å². The zero-order valence-corrected chi connectivity index (χ0v) is 17.8. The van der Waals surface area contributed by atoms with Crippen LogP contribution in [0.4, 0.5) is 15.8 Å². The van der Waals surface area contributed by atoms with E-state index in [1.807, 2.05) is 32.0 Å². The second-order valence-corrected chi connectivity index (χ2v) is 6.51. The monoisotopic (exact) mass is 407 g/mol.